The van der Waals surface area contributed by atoms with Gasteiger partial charge in [0.2, 0.25) is 5.91 Å². The fraction of sp³-hybridized carbons (Fsp3) is 0.100. The zero-order chi connectivity index (χ0) is 20.1. The smallest absolute Gasteiger partial charge is 0.263 e. The third kappa shape index (κ3) is 5.08. The average molecular weight is 397 g/mol. The third-order valence-electron chi connectivity index (χ3n) is 3.80. The molecule has 0 saturated carbocycles. The molecule has 144 valence electrons. The summed E-state index contributed by atoms with van der Waals surface area (Å²) in [5, 5.41) is 6.29. The van der Waals surface area contributed by atoms with E-state index in [2.05, 4.69) is 15.2 Å². The average Bonchev–Trinajstić information content (AvgIpc) is 3.06. The molecule has 0 unspecified atom stereocenters. The SMILES string of the molecule is Cc1ccc(C=CC(=O)Nc2ccc(S(=O)(=O)Nc3cc(C)on3)cc2)cc1. The number of aryl methyl sites for hydroxylation is 2. The highest BCUT2D eigenvalue weighted by Crippen LogP contribution is 2.18. The topological polar surface area (TPSA) is 101 Å². The van der Waals surface area contributed by atoms with Crippen LogP contribution in [0.25, 0.3) is 6.08 Å². The van der Waals surface area contributed by atoms with Crippen molar-refractivity contribution in [2.24, 2.45) is 0 Å². The van der Waals surface area contributed by atoms with E-state index in [-0.39, 0.29) is 16.6 Å². The van der Waals surface area contributed by atoms with Crippen molar-refractivity contribution < 1.29 is 17.7 Å². The molecule has 0 atom stereocenters. The maximum atomic E-state index is 12.3. The van der Waals surface area contributed by atoms with Crippen LogP contribution in [-0.4, -0.2) is 19.5 Å². The summed E-state index contributed by atoms with van der Waals surface area (Å²) >= 11 is 0. The van der Waals surface area contributed by atoms with Gasteiger partial charge in [0.25, 0.3) is 10.0 Å². The molecular formula is C20H19N3O4S. The summed E-state index contributed by atoms with van der Waals surface area (Å²) in [6, 6.07) is 15.1. The van der Waals surface area contributed by atoms with Gasteiger partial charge in [0.15, 0.2) is 5.82 Å². The Morgan fingerprint density at radius 1 is 1.04 bits per heavy atom. The Morgan fingerprint density at radius 2 is 1.71 bits per heavy atom. The Balaban J connectivity index is 1.63. The quantitative estimate of drug-likeness (QED) is 0.617. The predicted molar refractivity (Wildman–Crippen MR) is 107 cm³/mol. The van der Waals surface area contributed by atoms with Crippen LogP contribution in [0.5, 0.6) is 0 Å². The van der Waals surface area contributed by atoms with Crippen molar-refractivity contribution >= 4 is 33.5 Å². The van der Waals surface area contributed by atoms with Crippen molar-refractivity contribution in [3.63, 3.8) is 0 Å². The minimum absolute atomic E-state index is 0.0429. The number of hydrogen-bond donors (Lipinski definition) is 2. The molecule has 8 heteroatoms. The van der Waals surface area contributed by atoms with Crippen LogP contribution in [0.4, 0.5) is 11.5 Å². The minimum atomic E-state index is -3.79. The first-order valence-corrected chi connectivity index (χ1v) is 9.92. The molecular weight excluding hydrogens is 378 g/mol. The van der Waals surface area contributed by atoms with E-state index in [4.69, 9.17) is 4.52 Å². The Kier molecular flexibility index (Phi) is 5.60. The Hall–Kier alpha value is -3.39. The molecule has 3 aromatic rings. The van der Waals surface area contributed by atoms with Crippen LogP contribution < -0.4 is 10.0 Å². The molecule has 0 spiro atoms. The van der Waals surface area contributed by atoms with Gasteiger partial charge in [-0.25, -0.2) is 8.42 Å². The molecule has 28 heavy (non-hydrogen) atoms. The number of amides is 1. The summed E-state index contributed by atoms with van der Waals surface area (Å²) in [6.45, 7) is 3.65. The standard InChI is InChI=1S/C20H19N3O4S/c1-14-3-5-16(6-4-14)7-12-20(24)21-17-8-10-18(11-9-17)28(25,26)23-19-13-15(2)27-22-19/h3-13H,1-2H3,(H,21,24)(H,22,23). The van der Waals surface area contributed by atoms with Crippen molar-refractivity contribution in [1.29, 1.82) is 0 Å². The van der Waals surface area contributed by atoms with E-state index in [0.29, 0.717) is 11.4 Å². The van der Waals surface area contributed by atoms with Crippen LogP contribution in [0.15, 0.2) is 70.1 Å². The molecule has 0 aliphatic heterocycles. The van der Waals surface area contributed by atoms with Crippen LogP contribution >= 0.6 is 0 Å². The second-order valence-electron chi connectivity index (χ2n) is 6.19. The van der Waals surface area contributed by atoms with Gasteiger partial charge >= 0.3 is 0 Å². The lowest BCUT2D eigenvalue weighted by atomic mass is 10.1. The Labute approximate surface area is 163 Å². The lowest BCUT2D eigenvalue weighted by Gasteiger charge is -2.06. The van der Waals surface area contributed by atoms with E-state index in [1.807, 2.05) is 31.2 Å². The van der Waals surface area contributed by atoms with Crippen molar-refractivity contribution in [3.8, 4) is 0 Å². The highest BCUT2D eigenvalue weighted by Gasteiger charge is 2.16. The maximum Gasteiger partial charge on any atom is 0.263 e. The highest BCUT2D eigenvalue weighted by molar-refractivity contribution is 7.92. The van der Waals surface area contributed by atoms with E-state index in [1.165, 1.54) is 36.4 Å². The van der Waals surface area contributed by atoms with Crippen LogP contribution in [0.3, 0.4) is 0 Å². The second kappa shape index (κ2) is 8.10. The number of nitrogens with zero attached hydrogens (tertiary/aromatic N) is 1. The molecule has 1 heterocycles. The molecule has 2 aromatic carbocycles. The maximum absolute atomic E-state index is 12.3. The van der Waals surface area contributed by atoms with Crippen molar-refractivity contribution in [3.05, 3.63) is 77.6 Å². The van der Waals surface area contributed by atoms with Gasteiger partial charge < -0.3 is 9.84 Å². The van der Waals surface area contributed by atoms with Crippen molar-refractivity contribution in [2.75, 3.05) is 10.0 Å². The molecule has 1 aromatic heterocycles. The van der Waals surface area contributed by atoms with Gasteiger partial charge in [-0.3, -0.25) is 9.52 Å². The lowest BCUT2D eigenvalue weighted by Crippen LogP contribution is -2.13. The van der Waals surface area contributed by atoms with Gasteiger partial charge in [-0.2, -0.15) is 0 Å². The van der Waals surface area contributed by atoms with Crippen LogP contribution in [0.2, 0.25) is 0 Å². The van der Waals surface area contributed by atoms with E-state index in [0.717, 1.165) is 11.1 Å². The van der Waals surface area contributed by atoms with Crippen molar-refractivity contribution in [2.45, 2.75) is 18.7 Å². The number of aromatic nitrogens is 1. The van der Waals surface area contributed by atoms with Crippen LogP contribution in [0.1, 0.15) is 16.9 Å². The Morgan fingerprint density at radius 3 is 2.32 bits per heavy atom. The summed E-state index contributed by atoms with van der Waals surface area (Å²) in [5.74, 6) is 0.290. The van der Waals surface area contributed by atoms with Gasteiger partial charge in [-0.05, 0) is 49.8 Å². The van der Waals surface area contributed by atoms with Crippen LogP contribution in [0, 0.1) is 13.8 Å². The monoisotopic (exact) mass is 397 g/mol. The van der Waals surface area contributed by atoms with Gasteiger partial charge in [-0.1, -0.05) is 35.0 Å². The number of carbonyl (C=O) groups excluding carboxylic acids is 1. The number of rotatable bonds is 6. The molecule has 1 amide bonds. The molecule has 2 N–H and O–H groups in total. The fourth-order valence-electron chi connectivity index (χ4n) is 2.36. The van der Waals surface area contributed by atoms with Gasteiger partial charge in [0.1, 0.15) is 5.76 Å². The first-order chi connectivity index (χ1) is 13.3. The number of hydrogen-bond acceptors (Lipinski definition) is 5. The fourth-order valence-corrected chi connectivity index (χ4v) is 3.35. The normalized spacial score (nSPS) is 11.5. The third-order valence-corrected chi connectivity index (χ3v) is 5.17. The number of nitrogens with one attached hydrogen (secondary N) is 2. The van der Waals surface area contributed by atoms with E-state index >= 15 is 0 Å². The Bertz CT molecular complexity index is 1100. The molecule has 3 rings (SSSR count). The molecule has 0 fully saturated rings. The molecule has 0 aliphatic rings. The number of benzene rings is 2. The largest absolute Gasteiger partial charge is 0.360 e. The second-order valence-corrected chi connectivity index (χ2v) is 7.87. The van der Waals surface area contributed by atoms with Crippen molar-refractivity contribution in [1.82, 2.24) is 5.16 Å². The number of anilines is 2. The summed E-state index contributed by atoms with van der Waals surface area (Å²) in [5.41, 5.74) is 2.54. The number of sulfonamides is 1. The minimum Gasteiger partial charge on any atom is -0.360 e. The zero-order valence-corrected chi connectivity index (χ0v) is 16.2. The van der Waals surface area contributed by atoms with Crippen LogP contribution in [-0.2, 0) is 14.8 Å². The molecule has 0 aliphatic carbocycles. The molecule has 0 radical (unpaired) electrons. The van der Waals surface area contributed by atoms with E-state index in [1.54, 1.807) is 13.0 Å². The number of carbonyl (C=O) groups is 1. The predicted octanol–water partition coefficient (Wildman–Crippen LogP) is 3.74. The summed E-state index contributed by atoms with van der Waals surface area (Å²) < 4.78 is 31.8. The van der Waals surface area contributed by atoms with Gasteiger partial charge in [0.05, 0.1) is 4.90 Å². The zero-order valence-electron chi connectivity index (χ0n) is 15.3. The van der Waals surface area contributed by atoms with Gasteiger partial charge in [-0.15, -0.1) is 0 Å². The van der Waals surface area contributed by atoms with E-state index < -0.39 is 10.0 Å². The first kappa shape index (κ1) is 19.4. The highest BCUT2D eigenvalue weighted by atomic mass is 32.2. The lowest BCUT2D eigenvalue weighted by molar-refractivity contribution is -0.111. The summed E-state index contributed by atoms with van der Waals surface area (Å²) in [6.07, 6.45) is 3.13. The first-order valence-electron chi connectivity index (χ1n) is 8.44. The van der Waals surface area contributed by atoms with Gasteiger partial charge in [0, 0.05) is 17.8 Å². The molecule has 0 saturated heterocycles. The summed E-state index contributed by atoms with van der Waals surface area (Å²) in [4.78, 5) is 12.1. The van der Waals surface area contributed by atoms with E-state index in [9.17, 15) is 13.2 Å². The molecule has 0 bridgehead atoms. The molecule has 7 nitrogen and oxygen atoms in total. The summed E-state index contributed by atoms with van der Waals surface area (Å²) in [7, 11) is -3.79.